The molecule has 2 aliphatic rings. The Morgan fingerprint density at radius 2 is 1.58 bits per heavy atom. The molecule has 0 aliphatic carbocycles. The molecular formula is C47H60N8O5. The zero-order valence-corrected chi connectivity index (χ0v) is 35.5. The molecule has 0 spiro atoms. The molecule has 5 unspecified atom stereocenters. The zero-order valence-electron chi connectivity index (χ0n) is 35.5. The van der Waals surface area contributed by atoms with Gasteiger partial charge in [-0.05, 0) is 67.0 Å². The van der Waals surface area contributed by atoms with E-state index in [1.807, 2.05) is 126 Å². The summed E-state index contributed by atoms with van der Waals surface area (Å²) in [4.78, 5) is 69.5. The first kappa shape index (κ1) is 43.9. The van der Waals surface area contributed by atoms with Gasteiger partial charge in [0, 0.05) is 56.6 Å². The van der Waals surface area contributed by atoms with Crippen LogP contribution in [-0.2, 0) is 33.9 Å². The number of benzene rings is 2. The van der Waals surface area contributed by atoms with Crippen molar-refractivity contribution in [3.05, 3.63) is 120 Å². The summed E-state index contributed by atoms with van der Waals surface area (Å²) in [5.74, 6) is -1.06. The summed E-state index contributed by atoms with van der Waals surface area (Å²) in [6, 6.07) is 26.7. The minimum Gasteiger partial charge on any atom is -0.390 e. The molecule has 2 fully saturated rings. The number of nitrogens with zero attached hydrogens (tertiary/aromatic N) is 6. The van der Waals surface area contributed by atoms with Crippen LogP contribution in [0.5, 0.6) is 0 Å². The summed E-state index contributed by atoms with van der Waals surface area (Å²) in [5, 5.41) is 17.0. The number of hydrogen-bond donors (Lipinski definition) is 3. The number of aliphatic hydroxyl groups is 1. The second-order valence-electron chi connectivity index (χ2n) is 16.5. The molecule has 5 atom stereocenters. The van der Waals surface area contributed by atoms with E-state index >= 15 is 0 Å². The lowest BCUT2D eigenvalue weighted by Gasteiger charge is -2.38. The molecule has 3 N–H and O–H groups in total. The molecule has 6 rings (SSSR count). The van der Waals surface area contributed by atoms with E-state index in [2.05, 4.69) is 20.7 Å². The molecular weight excluding hydrogens is 757 g/mol. The number of aliphatic hydroxyl groups excluding tert-OH is 1. The first-order valence-electron chi connectivity index (χ1n) is 21.3. The smallest absolute Gasteiger partial charge is 0.321 e. The summed E-state index contributed by atoms with van der Waals surface area (Å²) in [6.45, 7) is 11.5. The van der Waals surface area contributed by atoms with Gasteiger partial charge in [-0.15, -0.1) is 0 Å². The van der Waals surface area contributed by atoms with Gasteiger partial charge in [0.15, 0.2) is 0 Å². The lowest BCUT2D eigenvalue weighted by molar-refractivity contribution is -0.143. The number of pyridine rings is 2. The van der Waals surface area contributed by atoms with Gasteiger partial charge in [-0.25, -0.2) is 9.80 Å². The Labute approximate surface area is 354 Å². The number of rotatable bonds is 19. The van der Waals surface area contributed by atoms with Gasteiger partial charge in [0.05, 0.1) is 30.1 Å². The van der Waals surface area contributed by atoms with Crippen LogP contribution in [0.3, 0.4) is 0 Å². The average Bonchev–Trinajstić information content (AvgIpc) is 3.83. The third kappa shape index (κ3) is 10.9. The highest BCUT2D eigenvalue weighted by molar-refractivity contribution is 5.89. The van der Waals surface area contributed by atoms with Gasteiger partial charge in [-0.3, -0.25) is 29.8 Å². The molecule has 0 saturated carbocycles. The Balaban J connectivity index is 1.26. The topological polar surface area (TPSA) is 151 Å². The molecule has 2 aliphatic heterocycles. The lowest BCUT2D eigenvalue weighted by Crippen LogP contribution is -2.61. The van der Waals surface area contributed by atoms with Gasteiger partial charge in [0.1, 0.15) is 12.1 Å². The third-order valence-electron chi connectivity index (χ3n) is 11.7. The van der Waals surface area contributed by atoms with Crippen LogP contribution in [-0.4, -0.2) is 109 Å². The molecule has 5 amide bonds. The van der Waals surface area contributed by atoms with Gasteiger partial charge in [0.25, 0.3) is 5.91 Å². The van der Waals surface area contributed by atoms with E-state index in [1.54, 1.807) is 25.9 Å². The highest BCUT2D eigenvalue weighted by atomic mass is 16.3. The fraction of sp³-hybridized carbons (Fsp3) is 0.447. The Kier molecular flexibility index (Phi) is 15.0. The normalized spacial score (nSPS) is 16.9. The monoisotopic (exact) mass is 816 g/mol. The molecule has 2 saturated heterocycles. The number of carbonyl (C=O) groups is 4. The van der Waals surface area contributed by atoms with Gasteiger partial charge in [0.2, 0.25) is 11.8 Å². The van der Waals surface area contributed by atoms with Crippen molar-refractivity contribution in [3.8, 4) is 11.3 Å². The van der Waals surface area contributed by atoms with E-state index in [0.29, 0.717) is 51.9 Å². The zero-order chi connectivity index (χ0) is 42.8. The standard InChI is InChI=1S/C47H60N8O5/c1-6-33(4)44(54-27-26-52(47(54)60)31-38-17-12-14-34(5)50-38)45(58)49-29-41(56)40(28-35-15-8-7-9-16-35)55(51-46(59)43(32(2)3)53-25-13-19-42(53)57)30-36-20-22-37(23-21-36)39-18-10-11-24-48-39/h7-12,14-18,20-24,32-33,40-41,43-44,56H,6,13,19,25-31H2,1-5H3,(H,49,58)(H,51,59). The van der Waals surface area contributed by atoms with Crippen LogP contribution in [0.25, 0.3) is 11.3 Å². The number of aromatic nitrogens is 2. The minimum atomic E-state index is -1.16. The van der Waals surface area contributed by atoms with Crippen LogP contribution in [0.1, 0.15) is 69.5 Å². The van der Waals surface area contributed by atoms with Gasteiger partial charge in [-0.1, -0.05) is 101 Å². The maximum absolute atomic E-state index is 14.4. The maximum Gasteiger partial charge on any atom is 0.321 e. The predicted molar refractivity (Wildman–Crippen MR) is 231 cm³/mol. The number of amides is 5. The van der Waals surface area contributed by atoms with E-state index in [-0.39, 0.29) is 48.7 Å². The van der Waals surface area contributed by atoms with Crippen molar-refractivity contribution in [2.75, 3.05) is 26.2 Å². The quantitative estimate of drug-likeness (QED) is 0.107. The molecule has 4 aromatic rings. The lowest BCUT2D eigenvalue weighted by atomic mass is 9.96. The molecule has 2 aromatic heterocycles. The Hall–Kier alpha value is -5.66. The Morgan fingerprint density at radius 1 is 0.833 bits per heavy atom. The number of hydrogen-bond acceptors (Lipinski definition) is 8. The van der Waals surface area contributed by atoms with Crippen molar-refractivity contribution in [2.45, 2.75) is 97.6 Å². The van der Waals surface area contributed by atoms with E-state index in [0.717, 1.165) is 33.8 Å². The van der Waals surface area contributed by atoms with Crippen LogP contribution in [0, 0.1) is 18.8 Å². The number of nitrogens with one attached hydrogen (secondary N) is 2. The summed E-state index contributed by atoms with van der Waals surface area (Å²) in [7, 11) is 0. The summed E-state index contributed by atoms with van der Waals surface area (Å²) in [5.41, 5.74) is 8.39. The van der Waals surface area contributed by atoms with Crippen LogP contribution < -0.4 is 10.7 Å². The number of urea groups is 1. The van der Waals surface area contributed by atoms with Crippen LogP contribution in [0.4, 0.5) is 4.79 Å². The fourth-order valence-corrected chi connectivity index (χ4v) is 8.30. The van der Waals surface area contributed by atoms with Gasteiger partial charge < -0.3 is 25.1 Å². The number of hydrazine groups is 1. The van der Waals surface area contributed by atoms with Crippen LogP contribution >= 0.6 is 0 Å². The molecule has 13 heteroatoms. The number of carbonyl (C=O) groups excluding carboxylic acids is 4. The van der Waals surface area contributed by atoms with E-state index in [9.17, 15) is 24.3 Å². The molecule has 2 aromatic carbocycles. The average molecular weight is 817 g/mol. The predicted octanol–water partition coefficient (Wildman–Crippen LogP) is 5.37. The van der Waals surface area contributed by atoms with Crippen molar-refractivity contribution in [1.82, 2.24) is 40.4 Å². The largest absolute Gasteiger partial charge is 0.390 e. The molecule has 13 nitrogen and oxygen atoms in total. The summed E-state index contributed by atoms with van der Waals surface area (Å²) >= 11 is 0. The van der Waals surface area contributed by atoms with Crippen molar-refractivity contribution in [1.29, 1.82) is 0 Å². The molecule has 4 heterocycles. The van der Waals surface area contributed by atoms with Crippen molar-refractivity contribution in [3.63, 3.8) is 0 Å². The number of aryl methyl sites for hydroxylation is 1. The first-order valence-corrected chi connectivity index (χ1v) is 21.3. The molecule has 0 bridgehead atoms. The second-order valence-corrected chi connectivity index (χ2v) is 16.5. The Morgan fingerprint density at radius 3 is 2.23 bits per heavy atom. The van der Waals surface area contributed by atoms with Gasteiger partial charge >= 0.3 is 6.03 Å². The van der Waals surface area contributed by atoms with E-state index < -0.39 is 24.2 Å². The van der Waals surface area contributed by atoms with E-state index in [4.69, 9.17) is 0 Å². The van der Waals surface area contributed by atoms with Crippen LogP contribution in [0.2, 0.25) is 0 Å². The van der Waals surface area contributed by atoms with Crippen molar-refractivity contribution < 1.29 is 24.3 Å². The number of likely N-dealkylation sites (tertiary alicyclic amines) is 1. The highest BCUT2D eigenvalue weighted by Gasteiger charge is 2.41. The highest BCUT2D eigenvalue weighted by Crippen LogP contribution is 2.25. The molecule has 318 valence electrons. The van der Waals surface area contributed by atoms with Crippen molar-refractivity contribution >= 4 is 23.8 Å². The summed E-state index contributed by atoms with van der Waals surface area (Å²) < 4.78 is 0. The summed E-state index contributed by atoms with van der Waals surface area (Å²) in [6.07, 6.45) is 2.68. The van der Waals surface area contributed by atoms with E-state index in [1.165, 1.54) is 0 Å². The first-order chi connectivity index (χ1) is 28.9. The van der Waals surface area contributed by atoms with Crippen molar-refractivity contribution in [2.24, 2.45) is 11.8 Å². The molecule has 60 heavy (non-hydrogen) atoms. The minimum absolute atomic E-state index is 0.0496. The second kappa shape index (κ2) is 20.5. The Bertz CT molecular complexity index is 2050. The van der Waals surface area contributed by atoms with Crippen LogP contribution in [0.15, 0.2) is 97.2 Å². The molecule has 0 radical (unpaired) electrons. The van der Waals surface area contributed by atoms with Gasteiger partial charge in [-0.2, -0.15) is 0 Å². The SMILES string of the molecule is CCC(C)C(C(=O)NCC(O)C(Cc1ccccc1)N(Cc1ccc(-c2ccccn2)cc1)NC(=O)C(C(C)C)N1CCCC1=O)N1CCN(Cc2cccc(C)n2)C1=O. The fourth-order valence-electron chi connectivity index (χ4n) is 8.30. The maximum atomic E-state index is 14.4. The third-order valence-corrected chi connectivity index (χ3v) is 11.7.